The molecule has 0 aliphatic carbocycles. The van der Waals surface area contributed by atoms with Crippen LogP contribution in [0.5, 0.6) is 0 Å². The van der Waals surface area contributed by atoms with Gasteiger partial charge in [0.05, 0.1) is 6.04 Å². The number of carbonyl (C=O) groups excluding carboxylic acids is 1. The molecular formula is C9H16N2OS. The molecule has 2 fully saturated rings. The van der Waals surface area contributed by atoms with Crippen molar-refractivity contribution in [3.8, 4) is 0 Å². The van der Waals surface area contributed by atoms with Gasteiger partial charge in [-0.3, -0.25) is 4.79 Å². The summed E-state index contributed by atoms with van der Waals surface area (Å²) in [6.07, 6.45) is 3.58. The largest absolute Gasteiger partial charge is 0.354 e. The van der Waals surface area contributed by atoms with Crippen molar-refractivity contribution in [3.05, 3.63) is 0 Å². The first-order valence-electron chi connectivity index (χ1n) is 4.99. The molecule has 2 N–H and O–H groups in total. The lowest BCUT2D eigenvalue weighted by atomic mass is 10.1. The van der Waals surface area contributed by atoms with E-state index in [1.54, 1.807) is 0 Å². The summed E-state index contributed by atoms with van der Waals surface area (Å²) >= 11 is 1.99. The molecule has 0 saturated carbocycles. The van der Waals surface area contributed by atoms with Crippen molar-refractivity contribution >= 4 is 17.7 Å². The smallest absolute Gasteiger partial charge is 0.237 e. The van der Waals surface area contributed by atoms with Crippen molar-refractivity contribution in [3.63, 3.8) is 0 Å². The molecule has 0 aromatic rings. The quantitative estimate of drug-likeness (QED) is 0.691. The molecule has 0 aromatic carbocycles. The number of hydrogen-bond acceptors (Lipinski definition) is 3. The zero-order valence-corrected chi connectivity index (χ0v) is 8.53. The van der Waals surface area contributed by atoms with Gasteiger partial charge in [-0.2, -0.15) is 11.8 Å². The second-order valence-electron chi connectivity index (χ2n) is 3.68. The Balaban J connectivity index is 1.63. The molecule has 2 aliphatic heterocycles. The Labute approximate surface area is 83.0 Å². The highest BCUT2D eigenvalue weighted by molar-refractivity contribution is 8.00. The predicted octanol–water partition coefficient (Wildman–Crippen LogP) is 0.360. The van der Waals surface area contributed by atoms with E-state index in [0.717, 1.165) is 19.5 Å². The van der Waals surface area contributed by atoms with Crippen LogP contribution in [0.25, 0.3) is 0 Å². The van der Waals surface area contributed by atoms with Crippen LogP contribution in [0.15, 0.2) is 0 Å². The minimum atomic E-state index is 0.103. The molecule has 2 saturated heterocycles. The van der Waals surface area contributed by atoms with Crippen LogP contribution in [0.4, 0.5) is 0 Å². The molecule has 0 aromatic heterocycles. The monoisotopic (exact) mass is 200 g/mol. The van der Waals surface area contributed by atoms with Gasteiger partial charge < -0.3 is 10.6 Å². The van der Waals surface area contributed by atoms with Gasteiger partial charge in [-0.05, 0) is 31.6 Å². The van der Waals surface area contributed by atoms with Crippen LogP contribution in [0, 0.1) is 0 Å². The number of hydrogen-bond donors (Lipinski definition) is 2. The first-order valence-corrected chi connectivity index (χ1v) is 6.04. The van der Waals surface area contributed by atoms with E-state index in [4.69, 9.17) is 0 Å². The standard InChI is InChI=1S/C9H16N2OS/c12-9(8-3-4-10-8)11-6-7-2-1-5-13-7/h7-8,10H,1-6H2,(H,11,12)/t7?,8-/m1/s1. The second-order valence-corrected chi connectivity index (χ2v) is 5.08. The fraction of sp³-hybridized carbons (Fsp3) is 0.889. The van der Waals surface area contributed by atoms with Gasteiger partial charge in [0.25, 0.3) is 0 Å². The van der Waals surface area contributed by atoms with E-state index in [2.05, 4.69) is 10.6 Å². The van der Waals surface area contributed by atoms with Crippen molar-refractivity contribution in [1.82, 2.24) is 10.6 Å². The number of carbonyl (C=O) groups is 1. The lowest BCUT2D eigenvalue weighted by Crippen LogP contribution is -2.53. The molecule has 2 aliphatic rings. The van der Waals surface area contributed by atoms with Gasteiger partial charge in [0, 0.05) is 11.8 Å². The molecule has 1 unspecified atom stereocenters. The van der Waals surface area contributed by atoms with Crippen LogP contribution in [-0.2, 0) is 4.79 Å². The number of amides is 1. The van der Waals surface area contributed by atoms with E-state index >= 15 is 0 Å². The van der Waals surface area contributed by atoms with Crippen molar-refractivity contribution in [1.29, 1.82) is 0 Å². The molecule has 0 radical (unpaired) electrons. The zero-order chi connectivity index (χ0) is 9.10. The van der Waals surface area contributed by atoms with Gasteiger partial charge in [-0.1, -0.05) is 0 Å². The third-order valence-corrected chi connectivity index (χ3v) is 4.07. The molecule has 3 nitrogen and oxygen atoms in total. The summed E-state index contributed by atoms with van der Waals surface area (Å²) < 4.78 is 0. The van der Waals surface area contributed by atoms with Crippen LogP contribution in [0.1, 0.15) is 19.3 Å². The predicted molar refractivity (Wildman–Crippen MR) is 54.9 cm³/mol. The first kappa shape index (κ1) is 9.34. The number of rotatable bonds is 3. The zero-order valence-electron chi connectivity index (χ0n) is 7.71. The number of thioether (sulfide) groups is 1. The van der Waals surface area contributed by atoms with Gasteiger partial charge in [0.1, 0.15) is 0 Å². The SMILES string of the molecule is O=C(NCC1CCCS1)[C@H]1CCN1. The normalized spacial score (nSPS) is 32.6. The maximum absolute atomic E-state index is 11.4. The second kappa shape index (κ2) is 4.33. The Kier molecular flexibility index (Phi) is 3.11. The highest BCUT2D eigenvalue weighted by Gasteiger charge is 2.25. The van der Waals surface area contributed by atoms with E-state index in [-0.39, 0.29) is 11.9 Å². The highest BCUT2D eigenvalue weighted by Crippen LogP contribution is 2.25. The first-order chi connectivity index (χ1) is 6.36. The summed E-state index contributed by atoms with van der Waals surface area (Å²) in [6.45, 7) is 1.86. The van der Waals surface area contributed by atoms with Gasteiger partial charge in [-0.25, -0.2) is 0 Å². The maximum atomic E-state index is 11.4. The fourth-order valence-corrected chi connectivity index (χ4v) is 2.86. The minimum absolute atomic E-state index is 0.103. The molecule has 4 heteroatoms. The summed E-state index contributed by atoms with van der Waals surface area (Å²) in [5.41, 5.74) is 0. The van der Waals surface area contributed by atoms with Gasteiger partial charge in [0.15, 0.2) is 0 Å². The third kappa shape index (κ3) is 2.38. The molecule has 2 atom stereocenters. The highest BCUT2D eigenvalue weighted by atomic mass is 32.2. The van der Waals surface area contributed by atoms with E-state index in [9.17, 15) is 4.79 Å². The van der Waals surface area contributed by atoms with Crippen molar-refractivity contribution < 1.29 is 4.79 Å². The third-order valence-electron chi connectivity index (χ3n) is 2.67. The van der Waals surface area contributed by atoms with Crippen molar-refractivity contribution in [2.75, 3.05) is 18.8 Å². The van der Waals surface area contributed by atoms with E-state index < -0.39 is 0 Å². The minimum Gasteiger partial charge on any atom is -0.354 e. The van der Waals surface area contributed by atoms with Crippen molar-refractivity contribution in [2.24, 2.45) is 0 Å². The number of nitrogens with one attached hydrogen (secondary N) is 2. The Morgan fingerprint density at radius 3 is 2.92 bits per heavy atom. The molecule has 0 bridgehead atoms. The summed E-state index contributed by atoms with van der Waals surface area (Å²) in [4.78, 5) is 11.4. The van der Waals surface area contributed by atoms with E-state index in [1.807, 2.05) is 11.8 Å². The Morgan fingerprint density at radius 1 is 1.54 bits per heavy atom. The molecule has 13 heavy (non-hydrogen) atoms. The molecule has 1 amide bonds. The van der Waals surface area contributed by atoms with Crippen LogP contribution in [-0.4, -0.2) is 36.0 Å². The maximum Gasteiger partial charge on any atom is 0.237 e. The van der Waals surface area contributed by atoms with E-state index in [0.29, 0.717) is 5.25 Å². The molecule has 74 valence electrons. The lowest BCUT2D eigenvalue weighted by molar-refractivity contribution is -0.124. The Morgan fingerprint density at radius 2 is 2.38 bits per heavy atom. The molecule has 2 heterocycles. The molecule has 0 spiro atoms. The van der Waals surface area contributed by atoms with Crippen LogP contribution in [0.2, 0.25) is 0 Å². The van der Waals surface area contributed by atoms with Gasteiger partial charge in [-0.15, -0.1) is 0 Å². The Bertz CT molecular complexity index is 188. The summed E-state index contributed by atoms with van der Waals surface area (Å²) in [5.74, 6) is 1.46. The average molecular weight is 200 g/mol. The van der Waals surface area contributed by atoms with Crippen LogP contribution in [0.3, 0.4) is 0 Å². The molecular weight excluding hydrogens is 184 g/mol. The fourth-order valence-electron chi connectivity index (χ4n) is 1.66. The van der Waals surface area contributed by atoms with Crippen molar-refractivity contribution in [2.45, 2.75) is 30.6 Å². The summed E-state index contributed by atoms with van der Waals surface area (Å²) in [5, 5.41) is 6.78. The summed E-state index contributed by atoms with van der Waals surface area (Å²) in [6, 6.07) is 0.103. The van der Waals surface area contributed by atoms with Gasteiger partial charge >= 0.3 is 0 Å². The lowest BCUT2D eigenvalue weighted by Gasteiger charge is -2.26. The molecule has 2 rings (SSSR count). The van der Waals surface area contributed by atoms with E-state index in [1.165, 1.54) is 18.6 Å². The topological polar surface area (TPSA) is 41.1 Å². The summed E-state index contributed by atoms with van der Waals surface area (Å²) in [7, 11) is 0. The van der Waals surface area contributed by atoms with Crippen LogP contribution >= 0.6 is 11.8 Å². The average Bonchev–Trinajstić information content (AvgIpc) is 2.49. The Hall–Kier alpha value is -0.220. The van der Waals surface area contributed by atoms with Gasteiger partial charge in [0.2, 0.25) is 5.91 Å². The van der Waals surface area contributed by atoms with Crippen LogP contribution < -0.4 is 10.6 Å².